The lowest BCUT2D eigenvalue weighted by Gasteiger charge is -2.13. The Bertz CT molecular complexity index is 383. The van der Waals surface area contributed by atoms with Crippen LogP contribution in [0.15, 0.2) is 12.1 Å². The maximum Gasteiger partial charge on any atom is 0.276 e. The normalized spacial score (nSPS) is 12.1. The fourth-order valence-electron chi connectivity index (χ4n) is 1.26. The predicted octanol–water partition coefficient (Wildman–Crippen LogP) is 1.02. The molecule has 1 heterocycles. The Kier molecular flexibility index (Phi) is 4.01. The third kappa shape index (κ3) is 3.35. The van der Waals surface area contributed by atoms with Gasteiger partial charge in [0.15, 0.2) is 0 Å². The molecule has 1 aromatic heterocycles. The van der Waals surface area contributed by atoms with Crippen LogP contribution in [-0.4, -0.2) is 29.7 Å². The second kappa shape index (κ2) is 5.26. The molecule has 3 N–H and O–H groups in total. The number of anilines is 2. The lowest BCUT2D eigenvalue weighted by Crippen LogP contribution is -2.21. The topological polar surface area (TPSA) is 103 Å². The molecule has 0 aromatic carbocycles. The molecular formula is C9H14N4O3. The van der Waals surface area contributed by atoms with Crippen molar-refractivity contribution in [1.82, 2.24) is 4.98 Å². The first-order chi connectivity index (χ1) is 7.52. The van der Waals surface area contributed by atoms with Crippen molar-refractivity contribution in [3.63, 3.8) is 0 Å². The highest BCUT2D eigenvalue weighted by molar-refractivity contribution is 5.52. The molecule has 16 heavy (non-hydrogen) atoms. The Labute approximate surface area is 92.8 Å². The van der Waals surface area contributed by atoms with Crippen molar-refractivity contribution in [2.45, 2.75) is 13.0 Å². The van der Waals surface area contributed by atoms with E-state index in [1.54, 1.807) is 7.11 Å². The molecule has 7 nitrogen and oxygen atoms in total. The van der Waals surface area contributed by atoms with Crippen molar-refractivity contribution in [3.05, 3.63) is 22.2 Å². The molecule has 0 saturated carbocycles. The summed E-state index contributed by atoms with van der Waals surface area (Å²) in [5.41, 5.74) is 5.38. The summed E-state index contributed by atoms with van der Waals surface area (Å²) in [5, 5.41) is 13.5. The molecular weight excluding hydrogens is 212 g/mol. The van der Waals surface area contributed by atoms with Crippen LogP contribution in [0.4, 0.5) is 17.3 Å². The molecule has 0 saturated heterocycles. The molecule has 0 bridgehead atoms. The van der Waals surface area contributed by atoms with Gasteiger partial charge >= 0.3 is 0 Å². The van der Waals surface area contributed by atoms with Gasteiger partial charge in [-0.1, -0.05) is 0 Å². The number of nitrogens with two attached hydrogens (primary N) is 1. The second-order valence-corrected chi connectivity index (χ2v) is 3.39. The molecule has 0 fully saturated rings. The monoisotopic (exact) mass is 226 g/mol. The summed E-state index contributed by atoms with van der Waals surface area (Å²) < 4.78 is 4.93. The zero-order chi connectivity index (χ0) is 12.1. The van der Waals surface area contributed by atoms with Crippen molar-refractivity contribution >= 4 is 17.3 Å². The molecule has 0 radical (unpaired) electrons. The number of ether oxygens (including phenoxy) is 1. The van der Waals surface area contributed by atoms with Crippen LogP contribution < -0.4 is 11.1 Å². The Morgan fingerprint density at radius 2 is 2.38 bits per heavy atom. The van der Waals surface area contributed by atoms with Crippen LogP contribution in [-0.2, 0) is 4.74 Å². The number of hydrogen-bond donors (Lipinski definition) is 2. The lowest BCUT2D eigenvalue weighted by molar-refractivity contribution is -0.384. The third-order valence-electron chi connectivity index (χ3n) is 1.85. The first-order valence-corrected chi connectivity index (χ1v) is 4.70. The summed E-state index contributed by atoms with van der Waals surface area (Å²) in [6, 6.07) is 2.55. The van der Waals surface area contributed by atoms with Crippen molar-refractivity contribution in [1.29, 1.82) is 0 Å². The number of nitrogens with zero attached hydrogens (tertiary/aromatic N) is 2. The largest absolute Gasteiger partial charge is 0.383 e. The molecule has 0 aliphatic rings. The highest BCUT2D eigenvalue weighted by Gasteiger charge is 2.11. The van der Waals surface area contributed by atoms with E-state index >= 15 is 0 Å². The number of hydrogen-bond acceptors (Lipinski definition) is 6. The summed E-state index contributed by atoms with van der Waals surface area (Å²) >= 11 is 0. The maximum absolute atomic E-state index is 10.6. The van der Waals surface area contributed by atoms with Gasteiger partial charge in [-0.25, -0.2) is 4.98 Å². The molecule has 1 atom stereocenters. The predicted molar refractivity (Wildman–Crippen MR) is 60.3 cm³/mol. The molecule has 1 rings (SSSR count). The molecule has 1 unspecified atom stereocenters. The van der Waals surface area contributed by atoms with E-state index in [0.717, 1.165) is 0 Å². The van der Waals surface area contributed by atoms with Gasteiger partial charge in [-0.15, -0.1) is 0 Å². The number of aromatic nitrogens is 1. The highest BCUT2D eigenvalue weighted by Crippen LogP contribution is 2.19. The number of pyridine rings is 1. The minimum atomic E-state index is -0.510. The van der Waals surface area contributed by atoms with Crippen molar-refractivity contribution in [3.8, 4) is 0 Å². The molecule has 0 spiro atoms. The first-order valence-electron chi connectivity index (χ1n) is 4.70. The van der Waals surface area contributed by atoms with E-state index in [1.165, 1.54) is 12.1 Å². The summed E-state index contributed by atoms with van der Waals surface area (Å²) in [6.45, 7) is 2.35. The van der Waals surface area contributed by atoms with Crippen LogP contribution in [0.1, 0.15) is 6.92 Å². The fourth-order valence-corrected chi connectivity index (χ4v) is 1.26. The fraction of sp³-hybridized carbons (Fsp3) is 0.444. The van der Waals surface area contributed by atoms with E-state index in [0.29, 0.717) is 12.4 Å². The third-order valence-corrected chi connectivity index (χ3v) is 1.85. The van der Waals surface area contributed by atoms with Crippen LogP contribution in [0.2, 0.25) is 0 Å². The van der Waals surface area contributed by atoms with Gasteiger partial charge in [0.2, 0.25) is 0 Å². The quantitative estimate of drug-likeness (QED) is 0.573. The van der Waals surface area contributed by atoms with Gasteiger partial charge in [-0.2, -0.15) is 0 Å². The zero-order valence-electron chi connectivity index (χ0n) is 9.14. The van der Waals surface area contributed by atoms with Gasteiger partial charge in [-0.05, 0) is 6.92 Å². The first kappa shape index (κ1) is 12.2. The van der Waals surface area contributed by atoms with Crippen molar-refractivity contribution in [2.24, 2.45) is 0 Å². The lowest BCUT2D eigenvalue weighted by atomic mass is 10.3. The van der Waals surface area contributed by atoms with Gasteiger partial charge in [0.05, 0.1) is 23.7 Å². The van der Waals surface area contributed by atoms with E-state index in [-0.39, 0.29) is 17.5 Å². The molecule has 88 valence electrons. The number of nitrogen functional groups attached to an aromatic ring is 1. The van der Waals surface area contributed by atoms with Crippen LogP contribution in [0.3, 0.4) is 0 Å². The Hall–Kier alpha value is -1.89. The maximum atomic E-state index is 10.6. The average Bonchev–Trinajstić information content (AvgIpc) is 2.16. The molecule has 0 amide bonds. The standard InChI is InChI=1S/C9H14N4O3/c1-6(5-16-2)11-9-4-7(13(14)15)3-8(10)12-9/h3-4,6H,5H2,1-2H3,(H3,10,11,12). The molecule has 1 aromatic rings. The zero-order valence-corrected chi connectivity index (χ0v) is 9.14. The van der Waals surface area contributed by atoms with Crippen molar-refractivity contribution in [2.75, 3.05) is 24.8 Å². The summed E-state index contributed by atoms with van der Waals surface area (Å²) in [5.74, 6) is 0.484. The smallest absolute Gasteiger partial charge is 0.276 e. The minimum absolute atomic E-state index is 0.00101. The van der Waals surface area contributed by atoms with Crippen LogP contribution in [0.25, 0.3) is 0 Å². The van der Waals surface area contributed by atoms with Gasteiger partial charge in [0.25, 0.3) is 5.69 Å². The van der Waals surface area contributed by atoms with Gasteiger partial charge in [-0.3, -0.25) is 10.1 Å². The minimum Gasteiger partial charge on any atom is -0.383 e. The number of nitrogens with one attached hydrogen (secondary N) is 1. The van der Waals surface area contributed by atoms with Crippen molar-refractivity contribution < 1.29 is 9.66 Å². The highest BCUT2D eigenvalue weighted by atomic mass is 16.6. The van der Waals surface area contributed by atoms with E-state index in [1.807, 2.05) is 6.92 Å². The Balaban J connectivity index is 2.84. The Morgan fingerprint density at radius 1 is 1.69 bits per heavy atom. The summed E-state index contributed by atoms with van der Waals surface area (Å²) in [4.78, 5) is 14.0. The van der Waals surface area contributed by atoms with E-state index in [2.05, 4.69) is 10.3 Å². The average molecular weight is 226 g/mol. The second-order valence-electron chi connectivity index (χ2n) is 3.39. The van der Waals surface area contributed by atoms with Gasteiger partial charge in [0, 0.05) is 13.2 Å². The Morgan fingerprint density at radius 3 is 2.94 bits per heavy atom. The van der Waals surface area contributed by atoms with Crippen LogP contribution >= 0.6 is 0 Å². The van der Waals surface area contributed by atoms with E-state index < -0.39 is 4.92 Å². The number of rotatable bonds is 5. The number of nitro groups is 1. The molecule has 0 aliphatic carbocycles. The summed E-state index contributed by atoms with van der Waals surface area (Å²) in [7, 11) is 1.58. The van der Waals surface area contributed by atoms with Gasteiger partial charge < -0.3 is 15.8 Å². The van der Waals surface area contributed by atoms with Crippen LogP contribution in [0, 0.1) is 10.1 Å². The SMILES string of the molecule is COCC(C)Nc1cc([N+](=O)[O-])cc(N)n1. The van der Waals surface area contributed by atoms with E-state index in [4.69, 9.17) is 10.5 Å². The van der Waals surface area contributed by atoms with Gasteiger partial charge in [0.1, 0.15) is 11.6 Å². The number of methoxy groups -OCH3 is 1. The van der Waals surface area contributed by atoms with E-state index in [9.17, 15) is 10.1 Å². The molecule has 7 heteroatoms. The van der Waals surface area contributed by atoms with Crippen LogP contribution in [0.5, 0.6) is 0 Å². The molecule has 0 aliphatic heterocycles. The summed E-state index contributed by atoms with van der Waals surface area (Å²) in [6.07, 6.45) is 0.